The van der Waals surface area contributed by atoms with Crippen LogP contribution in [0.3, 0.4) is 0 Å². The smallest absolute Gasteiger partial charge is 0.244 e. The maximum Gasteiger partial charge on any atom is 0.244 e. The number of carbonyl (C=O) groups is 1. The number of aliphatic hydroxyl groups excluding tert-OH is 1. The molecule has 3 nitrogen and oxygen atoms in total. The van der Waals surface area contributed by atoms with Gasteiger partial charge < -0.3 is 10.4 Å². The van der Waals surface area contributed by atoms with Crippen molar-refractivity contribution in [2.45, 2.75) is 19.4 Å². The molecule has 0 aliphatic heterocycles. The molecule has 0 bridgehead atoms. The van der Waals surface area contributed by atoms with E-state index in [2.05, 4.69) is 5.32 Å². The van der Waals surface area contributed by atoms with Crippen LogP contribution in [0.1, 0.15) is 18.9 Å². The van der Waals surface area contributed by atoms with E-state index in [9.17, 15) is 4.79 Å². The van der Waals surface area contributed by atoms with Crippen LogP contribution in [0.25, 0.3) is 6.08 Å². The van der Waals surface area contributed by atoms with E-state index in [-0.39, 0.29) is 18.6 Å². The molecule has 0 aromatic heterocycles. The molecule has 0 aliphatic carbocycles. The number of halogens is 2. The molecule has 1 rings (SSSR count). The molecule has 1 aromatic carbocycles. The highest BCUT2D eigenvalue weighted by Crippen LogP contribution is 2.25. The number of nitrogens with one attached hydrogen (secondary N) is 1. The Morgan fingerprint density at radius 2 is 2.06 bits per heavy atom. The van der Waals surface area contributed by atoms with Crippen LogP contribution in [0.4, 0.5) is 0 Å². The van der Waals surface area contributed by atoms with Crippen LogP contribution in [-0.2, 0) is 4.79 Å². The fraction of sp³-hybridized carbons (Fsp3) is 0.308. The third kappa shape index (κ3) is 4.33. The van der Waals surface area contributed by atoms with Gasteiger partial charge in [0.05, 0.1) is 12.6 Å². The Kier molecular flexibility index (Phi) is 6.19. The molecule has 1 aromatic rings. The minimum absolute atomic E-state index is 0.0804. The number of rotatable bonds is 5. The van der Waals surface area contributed by atoms with Crippen molar-refractivity contribution in [2.24, 2.45) is 0 Å². The molecule has 1 unspecified atom stereocenters. The molecule has 0 heterocycles. The van der Waals surface area contributed by atoms with E-state index < -0.39 is 0 Å². The third-order valence-electron chi connectivity index (χ3n) is 2.46. The summed E-state index contributed by atoms with van der Waals surface area (Å²) in [7, 11) is 0. The van der Waals surface area contributed by atoms with Crippen LogP contribution in [0.2, 0.25) is 10.0 Å². The van der Waals surface area contributed by atoms with E-state index in [0.29, 0.717) is 22.0 Å². The summed E-state index contributed by atoms with van der Waals surface area (Å²) in [5.41, 5.74) is 0.605. The van der Waals surface area contributed by atoms with Gasteiger partial charge in [-0.3, -0.25) is 4.79 Å². The summed E-state index contributed by atoms with van der Waals surface area (Å²) in [4.78, 5) is 11.6. The van der Waals surface area contributed by atoms with Crippen molar-refractivity contribution in [3.05, 3.63) is 39.9 Å². The monoisotopic (exact) mass is 287 g/mol. The lowest BCUT2D eigenvalue weighted by atomic mass is 10.2. The predicted octanol–water partition coefficient (Wildman–Crippen LogP) is 2.89. The lowest BCUT2D eigenvalue weighted by Crippen LogP contribution is -2.35. The molecule has 18 heavy (non-hydrogen) atoms. The highest BCUT2D eigenvalue weighted by atomic mass is 35.5. The first kappa shape index (κ1) is 15.0. The van der Waals surface area contributed by atoms with Gasteiger partial charge in [-0.1, -0.05) is 36.2 Å². The number of carbonyl (C=O) groups excluding carboxylic acids is 1. The highest BCUT2D eigenvalue weighted by molar-refractivity contribution is 6.37. The van der Waals surface area contributed by atoms with Crippen LogP contribution < -0.4 is 5.32 Å². The van der Waals surface area contributed by atoms with Gasteiger partial charge in [0, 0.05) is 21.7 Å². The second-order valence-corrected chi connectivity index (χ2v) is 4.58. The van der Waals surface area contributed by atoms with Crippen molar-refractivity contribution in [3.63, 3.8) is 0 Å². The minimum Gasteiger partial charge on any atom is -0.394 e. The number of hydrogen-bond acceptors (Lipinski definition) is 2. The van der Waals surface area contributed by atoms with E-state index in [1.165, 1.54) is 6.08 Å². The predicted molar refractivity (Wildman–Crippen MR) is 74.8 cm³/mol. The van der Waals surface area contributed by atoms with Gasteiger partial charge in [-0.2, -0.15) is 0 Å². The van der Waals surface area contributed by atoms with Crippen molar-refractivity contribution >= 4 is 35.2 Å². The van der Waals surface area contributed by atoms with E-state index in [1.54, 1.807) is 24.3 Å². The lowest BCUT2D eigenvalue weighted by molar-refractivity contribution is -0.117. The largest absolute Gasteiger partial charge is 0.394 e. The van der Waals surface area contributed by atoms with Crippen LogP contribution in [0.5, 0.6) is 0 Å². The Bertz CT molecular complexity index is 422. The van der Waals surface area contributed by atoms with Crippen molar-refractivity contribution in [2.75, 3.05) is 6.61 Å². The van der Waals surface area contributed by atoms with Gasteiger partial charge in [-0.15, -0.1) is 0 Å². The second-order valence-electron chi connectivity index (χ2n) is 3.77. The molecule has 0 fully saturated rings. The normalized spacial score (nSPS) is 12.7. The molecule has 0 radical (unpaired) electrons. The zero-order valence-corrected chi connectivity index (χ0v) is 11.5. The lowest BCUT2D eigenvalue weighted by Gasteiger charge is -2.11. The standard InChI is InChI=1S/C13H15Cl2NO2/c1-2-9(8-17)16-13(18)7-6-10-11(14)4-3-5-12(10)15/h3-7,9,17H,2,8H2,1H3,(H,16,18)/b7-6+. The van der Waals surface area contributed by atoms with Gasteiger partial charge in [0.15, 0.2) is 0 Å². The maximum absolute atomic E-state index is 11.6. The minimum atomic E-state index is -0.285. The molecule has 0 saturated heterocycles. The first-order valence-electron chi connectivity index (χ1n) is 5.62. The molecule has 98 valence electrons. The Hall–Kier alpha value is -1.03. The molecule has 2 N–H and O–H groups in total. The Labute approximate surface area is 116 Å². The van der Waals surface area contributed by atoms with E-state index >= 15 is 0 Å². The molecular weight excluding hydrogens is 273 g/mol. The summed E-state index contributed by atoms with van der Waals surface area (Å²) in [6, 6.07) is 4.91. The van der Waals surface area contributed by atoms with E-state index in [1.807, 2.05) is 6.92 Å². The fourth-order valence-corrected chi connectivity index (χ4v) is 1.88. The third-order valence-corrected chi connectivity index (χ3v) is 3.12. The molecule has 5 heteroatoms. The second kappa shape index (κ2) is 7.41. The number of amides is 1. The summed E-state index contributed by atoms with van der Waals surface area (Å²) < 4.78 is 0. The SMILES string of the molecule is CCC(CO)NC(=O)/C=C/c1c(Cl)cccc1Cl. The molecular formula is C13H15Cl2NO2. The fourth-order valence-electron chi connectivity index (χ4n) is 1.36. The van der Waals surface area contributed by atoms with Gasteiger partial charge in [0.1, 0.15) is 0 Å². The zero-order chi connectivity index (χ0) is 13.5. The summed E-state index contributed by atoms with van der Waals surface area (Å²) >= 11 is 11.9. The van der Waals surface area contributed by atoms with Crippen molar-refractivity contribution in [1.29, 1.82) is 0 Å². The van der Waals surface area contributed by atoms with Gasteiger partial charge in [0.2, 0.25) is 5.91 Å². The van der Waals surface area contributed by atoms with E-state index in [0.717, 1.165) is 0 Å². The van der Waals surface area contributed by atoms with Crippen LogP contribution in [-0.4, -0.2) is 23.7 Å². The average Bonchev–Trinajstić information content (AvgIpc) is 2.35. The molecule has 0 spiro atoms. The van der Waals surface area contributed by atoms with Gasteiger partial charge in [-0.25, -0.2) is 0 Å². The first-order valence-corrected chi connectivity index (χ1v) is 6.37. The number of aliphatic hydroxyl groups is 1. The van der Waals surface area contributed by atoms with Crippen LogP contribution >= 0.6 is 23.2 Å². The Morgan fingerprint density at radius 3 is 2.56 bits per heavy atom. The quantitative estimate of drug-likeness (QED) is 0.818. The Balaban J connectivity index is 2.72. The Morgan fingerprint density at radius 1 is 1.44 bits per heavy atom. The molecule has 0 saturated carbocycles. The van der Waals surface area contributed by atoms with Crippen LogP contribution in [0, 0.1) is 0 Å². The highest BCUT2D eigenvalue weighted by Gasteiger charge is 2.07. The van der Waals surface area contributed by atoms with Crippen molar-refractivity contribution < 1.29 is 9.90 Å². The van der Waals surface area contributed by atoms with Crippen molar-refractivity contribution in [3.8, 4) is 0 Å². The average molecular weight is 288 g/mol. The van der Waals surface area contributed by atoms with Gasteiger partial charge >= 0.3 is 0 Å². The van der Waals surface area contributed by atoms with Crippen molar-refractivity contribution in [1.82, 2.24) is 5.32 Å². The zero-order valence-electron chi connectivity index (χ0n) is 9.99. The number of hydrogen-bond donors (Lipinski definition) is 2. The summed E-state index contributed by atoms with van der Waals surface area (Å²) in [5, 5.41) is 12.6. The van der Waals surface area contributed by atoms with Gasteiger partial charge in [0.25, 0.3) is 0 Å². The molecule has 1 amide bonds. The molecule has 1 atom stereocenters. The topological polar surface area (TPSA) is 49.3 Å². The summed E-state index contributed by atoms with van der Waals surface area (Å²) in [6.45, 7) is 1.80. The summed E-state index contributed by atoms with van der Waals surface area (Å²) in [5.74, 6) is -0.285. The van der Waals surface area contributed by atoms with Gasteiger partial charge in [-0.05, 0) is 24.6 Å². The summed E-state index contributed by atoms with van der Waals surface area (Å²) in [6.07, 6.45) is 3.58. The molecule has 0 aliphatic rings. The van der Waals surface area contributed by atoms with Crippen LogP contribution in [0.15, 0.2) is 24.3 Å². The maximum atomic E-state index is 11.6. The first-order chi connectivity index (χ1) is 8.58. The number of benzene rings is 1. The van der Waals surface area contributed by atoms with E-state index in [4.69, 9.17) is 28.3 Å².